The van der Waals surface area contributed by atoms with Gasteiger partial charge in [0.15, 0.2) is 0 Å². The Kier molecular flexibility index (Phi) is 6.07. The fraction of sp³-hybridized carbons (Fsp3) is 0.250. The Balaban J connectivity index is 1.87. The van der Waals surface area contributed by atoms with Crippen LogP contribution in [0.3, 0.4) is 0 Å². The van der Waals surface area contributed by atoms with E-state index >= 15 is 0 Å². The third kappa shape index (κ3) is 4.62. The Hall–Kier alpha value is -0.840. The molecule has 2 rings (SSSR count). The fourth-order valence-electron chi connectivity index (χ4n) is 1.95. The van der Waals surface area contributed by atoms with E-state index in [2.05, 4.69) is 31.9 Å². The van der Waals surface area contributed by atoms with Crippen molar-refractivity contribution in [1.82, 2.24) is 0 Å². The maximum absolute atomic E-state index is 9.51. The van der Waals surface area contributed by atoms with E-state index in [0.717, 1.165) is 26.7 Å². The zero-order valence-electron chi connectivity index (χ0n) is 10.9. The molecule has 0 saturated heterocycles. The van der Waals surface area contributed by atoms with E-state index in [4.69, 9.17) is 4.74 Å². The van der Waals surface area contributed by atoms with Gasteiger partial charge in [-0.05, 0) is 48.4 Å². The van der Waals surface area contributed by atoms with Crippen LogP contribution in [-0.2, 0) is 0 Å². The lowest BCUT2D eigenvalue weighted by Gasteiger charge is -2.15. The molecule has 1 N–H and O–H groups in total. The van der Waals surface area contributed by atoms with Gasteiger partial charge in [-0.1, -0.05) is 44.0 Å². The molecular formula is C16H16Br2O2. The van der Waals surface area contributed by atoms with Crippen LogP contribution in [0.25, 0.3) is 0 Å². The summed E-state index contributed by atoms with van der Waals surface area (Å²) in [4.78, 5) is 0. The number of ether oxygens (including phenoxy) is 1. The Bertz CT molecular complexity index is 523. The fourth-order valence-corrected chi connectivity index (χ4v) is 2.48. The van der Waals surface area contributed by atoms with Gasteiger partial charge in [-0.15, -0.1) is 0 Å². The number of aliphatic hydroxyl groups is 1. The highest BCUT2D eigenvalue weighted by Gasteiger charge is 2.10. The molecule has 4 heteroatoms. The molecular weight excluding hydrogens is 384 g/mol. The van der Waals surface area contributed by atoms with Crippen LogP contribution in [0.4, 0.5) is 0 Å². The van der Waals surface area contributed by atoms with Gasteiger partial charge in [0.25, 0.3) is 0 Å². The number of halogens is 2. The van der Waals surface area contributed by atoms with Crippen LogP contribution in [0.15, 0.2) is 57.5 Å². The molecule has 0 aliphatic rings. The minimum absolute atomic E-state index is 0.110. The van der Waals surface area contributed by atoms with Crippen molar-refractivity contribution < 1.29 is 9.84 Å². The molecule has 0 bridgehead atoms. The molecule has 1 unspecified atom stereocenters. The van der Waals surface area contributed by atoms with E-state index < -0.39 is 0 Å². The van der Waals surface area contributed by atoms with Crippen LogP contribution in [0.2, 0.25) is 0 Å². The second-order valence-electron chi connectivity index (χ2n) is 4.52. The van der Waals surface area contributed by atoms with Gasteiger partial charge in [-0.2, -0.15) is 0 Å². The Morgan fingerprint density at radius 3 is 2.00 bits per heavy atom. The molecule has 0 saturated carbocycles. The molecule has 0 spiro atoms. The first-order valence-corrected chi connectivity index (χ1v) is 8.02. The van der Waals surface area contributed by atoms with Gasteiger partial charge < -0.3 is 9.84 Å². The smallest absolute Gasteiger partial charge is 0.119 e. The van der Waals surface area contributed by atoms with Crippen LogP contribution >= 0.6 is 31.9 Å². The van der Waals surface area contributed by atoms with Gasteiger partial charge in [0.1, 0.15) is 5.75 Å². The molecule has 106 valence electrons. The average molecular weight is 400 g/mol. The molecule has 0 heterocycles. The molecule has 0 radical (unpaired) electrons. The minimum atomic E-state index is 0.110. The number of aliphatic hydroxyl groups excluding tert-OH is 1. The van der Waals surface area contributed by atoms with Gasteiger partial charge in [0.2, 0.25) is 0 Å². The summed E-state index contributed by atoms with van der Waals surface area (Å²) in [7, 11) is 0. The molecule has 0 fully saturated rings. The number of rotatable bonds is 6. The first-order chi connectivity index (χ1) is 9.69. The second-order valence-corrected chi connectivity index (χ2v) is 6.35. The van der Waals surface area contributed by atoms with Crippen molar-refractivity contribution in [1.29, 1.82) is 0 Å². The average Bonchev–Trinajstić information content (AvgIpc) is 2.47. The first kappa shape index (κ1) is 15.5. The van der Waals surface area contributed by atoms with E-state index in [1.165, 1.54) is 0 Å². The SMILES string of the molecule is OCC(CCOc1ccc(Br)cc1)c1ccc(Br)cc1. The lowest BCUT2D eigenvalue weighted by atomic mass is 9.97. The van der Waals surface area contributed by atoms with Crippen LogP contribution in [0, 0.1) is 0 Å². The molecule has 0 amide bonds. The third-order valence-electron chi connectivity index (χ3n) is 3.11. The predicted molar refractivity (Wildman–Crippen MR) is 88.2 cm³/mol. The van der Waals surface area contributed by atoms with Crippen LogP contribution in [0.5, 0.6) is 5.75 Å². The zero-order valence-corrected chi connectivity index (χ0v) is 14.1. The highest BCUT2D eigenvalue weighted by atomic mass is 79.9. The van der Waals surface area contributed by atoms with Crippen molar-refractivity contribution in [3.63, 3.8) is 0 Å². The summed E-state index contributed by atoms with van der Waals surface area (Å²) in [6.45, 7) is 0.717. The van der Waals surface area contributed by atoms with Gasteiger partial charge in [0, 0.05) is 14.9 Å². The normalized spacial score (nSPS) is 12.2. The van der Waals surface area contributed by atoms with Crippen molar-refractivity contribution in [2.24, 2.45) is 0 Å². The van der Waals surface area contributed by atoms with Crippen molar-refractivity contribution in [3.05, 3.63) is 63.0 Å². The molecule has 0 aliphatic heterocycles. The highest BCUT2D eigenvalue weighted by molar-refractivity contribution is 9.10. The standard InChI is InChI=1S/C16H16Br2O2/c17-14-3-1-12(2-4-14)13(11-19)9-10-20-16-7-5-15(18)6-8-16/h1-8,13,19H,9-11H2. The van der Waals surface area contributed by atoms with E-state index in [9.17, 15) is 5.11 Å². The number of benzene rings is 2. The van der Waals surface area contributed by atoms with Crippen molar-refractivity contribution in [2.45, 2.75) is 12.3 Å². The van der Waals surface area contributed by atoms with Gasteiger partial charge >= 0.3 is 0 Å². The Morgan fingerprint density at radius 2 is 1.45 bits per heavy atom. The number of hydrogen-bond donors (Lipinski definition) is 1. The Morgan fingerprint density at radius 1 is 0.900 bits per heavy atom. The van der Waals surface area contributed by atoms with Crippen LogP contribution < -0.4 is 4.74 Å². The third-order valence-corrected chi connectivity index (χ3v) is 4.17. The maximum Gasteiger partial charge on any atom is 0.119 e. The van der Waals surface area contributed by atoms with Gasteiger partial charge in [0.05, 0.1) is 13.2 Å². The topological polar surface area (TPSA) is 29.5 Å². The van der Waals surface area contributed by atoms with E-state index in [1.807, 2.05) is 48.5 Å². The number of hydrogen-bond acceptors (Lipinski definition) is 2. The minimum Gasteiger partial charge on any atom is -0.494 e. The summed E-state index contributed by atoms with van der Waals surface area (Å²) >= 11 is 6.81. The molecule has 1 atom stereocenters. The molecule has 0 aliphatic carbocycles. The van der Waals surface area contributed by atoms with Crippen molar-refractivity contribution in [2.75, 3.05) is 13.2 Å². The molecule has 2 aromatic rings. The summed E-state index contributed by atoms with van der Waals surface area (Å²) in [5.74, 6) is 0.958. The van der Waals surface area contributed by atoms with E-state index in [1.54, 1.807) is 0 Å². The quantitative estimate of drug-likeness (QED) is 0.758. The van der Waals surface area contributed by atoms with Gasteiger partial charge in [-0.25, -0.2) is 0 Å². The van der Waals surface area contributed by atoms with Crippen LogP contribution in [-0.4, -0.2) is 18.3 Å². The van der Waals surface area contributed by atoms with Gasteiger partial charge in [-0.3, -0.25) is 0 Å². The van der Waals surface area contributed by atoms with E-state index in [-0.39, 0.29) is 12.5 Å². The molecule has 2 aromatic carbocycles. The first-order valence-electron chi connectivity index (χ1n) is 6.43. The summed E-state index contributed by atoms with van der Waals surface area (Å²) < 4.78 is 7.78. The lowest BCUT2D eigenvalue weighted by molar-refractivity contribution is 0.229. The monoisotopic (exact) mass is 398 g/mol. The predicted octanol–water partition coefficient (Wildman–Crippen LogP) is 4.76. The molecule has 2 nitrogen and oxygen atoms in total. The summed E-state index contributed by atoms with van der Waals surface area (Å²) in [5, 5.41) is 9.51. The second kappa shape index (κ2) is 7.81. The maximum atomic E-state index is 9.51. The van der Waals surface area contributed by atoms with Crippen molar-refractivity contribution >= 4 is 31.9 Å². The Labute approximate surface area is 136 Å². The lowest BCUT2D eigenvalue weighted by Crippen LogP contribution is -2.09. The highest BCUT2D eigenvalue weighted by Crippen LogP contribution is 2.22. The molecule has 0 aromatic heterocycles. The summed E-state index contributed by atoms with van der Waals surface area (Å²) in [6.07, 6.45) is 0.786. The largest absolute Gasteiger partial charge is 0.494 e. The summed E-state index contributed by atoms with van der Waals surface area (Å²) in [5.41, 5.74) is 1.13. The van der Waals surface area contributed by atoms with E-state index in [0.29, 0.717) is 6.61 Å². The zero-order chi connectivity index (χ0) is 14.4. The van der Waals surface area contributed by atoms with Crippen molar-refractivity contribution in [3.8, 4) is 5.75 Å². The molecule has 20 heavy (non-hydrogen) atoms. The summed E-state index contributed by atoms with van der Waals surface area (Å²) in [6, 6.07) is 15.8. The van der Waals surface area contributed by atoms with Crippen LogP contribution in [0.1, 0.15) is 17.9 Å².